The zero-order chi connectivity index (χ0) is 16.3. The number of para-hydroxylation sites is 1. The Hall–Kier alpha value is -2.44. The maximum Gasteiger partial charge on any atom is 0.387 e. The number of Topliss-reactive ketones (excluding diaryl/α,β-unsaturated/α-hetero) is 1. The van der Waals surface area contributed by atoms with E-state index in [9.17, 15) is 13.6 Å². The van der Waals surface area contributed by atoms with Gasteiger partial charge >= 0.3 is 6.61 Å². The summed E-state index contributed by atoms with van der Waals surface area (Å²) >= 11 is 0. The number of carbonyl (C=O) groups excluding carboxylic acids is 1. The number of nitrogens with one attached hydrogen (secondary N) is 1. The lowest BCUT2D eigenvalue weighted by atomic mass is 9.92. The SMILES string of the molecule is CCC(=O)C1=C(C)NC(N)=NC1c1ccccc1OC(F)F. The Morgan fingerprint density at radius 1 is 1.45 bits per heavy atom. The molecule has 3 N–H and O–H groups in total. The smallest absolute Gasteiger partial charge is 0.387 e. The first-order valence-electron chi connectivity index (χ1n) is 6.82. The Balaban J connectivity index is 2.53. The average molecular weight is 309 g/mol. The molecular formula is C15H17F2N3O2. The molecule has 1 aliphatic rings. The second-order valence-electron chi connectivity index (χ2n) is 4.77. The van der Waals surface area contributed by atoms with Crippen molar-refractivity contribution >= 4 is 11.7 Å². The minimum Gasteiger partial charge on any atom is -0.434 e. The maximum atomic E-state index is 12.6. The molecule has 2 rings (SSSR count). The summed E-state index contributed by atoms with van der Waals surface area (Å²) in [4.78, 5) is 16.4. The predicted octanol–water partition coefficient (Wildman–Crippen LogP) is 2.50. The van der Waals surface area contributed by atoms with Gasteiger partial charge in [-0.05, 0) is 13.0 Å². The number of guanidine groups is 1. The van der Waals surface area contributed by atoms with Crippen LogP contribution in [0.15, 0.2) is 40.5 Å². The molecule has 1 unspecified atom stereocenters. The molecule has 5 nitrogen and oxygen atoms in total. The van der Waals surface area contributed by atoms with E-state index in [-0.39, 0.29) is 23.9 Å². The van der Waals surface area contributed by atoms with Gasteiger partial charge in [0, 0.05) is 23.3 Å². The van der Waals surface area contributed by atoms with Gasteiger partial charge in [0.2, 0.25) is 0 Å². The van der Waals surface area contributed by atoms with Crippen LogP contribution in [0.4, 0.5) is 8.78 Å². The van der Waals surface area contributed by atoms with Crippen LogP contribution in [0.5, 0.6) is 5.75 Å². The highest BCUT2D eigenvalue weighted by atomic mass is 19.3. The molecule has 0 saturated carbocycles. The third kappa shape index (κ3) is 3.24. The molecule has 1 heterocycles. The lowest BCUT2D eigenvalue weighted by Gasteiger charge is -2.26. The van der Waals surface area contributed by atoms with Crippen molar-refractivity contribution in [1.29, 1.82) is 0 Å². The number of ketones is 1. The van der Waals surface area contributed by atoms with Gasteiger partial charge in [0.05, 0.1) is 0 Å². The summed E-state index contributed by atoms with van der Waals surface area (Å²) in [5.74, 6) is -0.0183. The lowest BCUT2D eigenvalue weighted by molar-refractivity contribution is -0.115. The van der Waals surface area contributed by atoms with Crippen molar-refractivity contribution in [2.24, 2.45) is 10.7 Å². The van der Waals surface area contributed by atoms with E-state index < -0.39 is 12.7 Å². The van der Waals surface area contributed by atoms with E-state index in [1.165, 1.54) is 6.07 Å². The Labute approximate surface area is 126 Å². The van der Waals surface area contributed by atoms with Gasteiger partial charge in [-0.1, -0.05) is 25.1 Å². The topological polar surface area (TPSA) is 76.7 Å². The van der Waals surface area contributed by atoms with Gasteiger partial charge in [0.1, 0.15) is 11.8 Å². The summed E-state index contributed by atoms with van der Waals surface area (Å²) in [5.41, 5.74) is 7.06. The molecule has 1 aliphatic heterocycles. The minimum absolute atomic E-state index is 0.0184. The highest BCUT2D eigenvalue weighted by Gasteiger charge is 2.30. The van der Waals surface area contributed by atoms with E-state index in [2.05, 4.69) is 15.0 Å². The van der Waals surface area contributed by atoms with Crippen LogP contribution in [0.3, 0.4) is 0 Å². The van der Waals surface area contributed by atoms with Crippen LogP contribution < -0.4 is 15.8 Å². The van der Waals surface area contributed by atoms with Crippen molar-refractivity contribution in [3.63, 3.8) is 0 Å². The zero-order valence-corrected chi connectivity index (χ0v) is 12.3. The molecule has 1 atom stereocenters. The fraction of sp³-hybridized carbons (Fsp3) is 0.333. The van der Waals surface area contributed by atoms with E-state index in [0.29, 0.717) is 16.8 Å². The number of halogens is 2. The van der Waals surface area contributed by atoms with Gasteiger partial charge in [-0.2, -0.15) is 8.78 Å². The van der Waals surface area contributed by atoms with Crippen molar-refractivity contribution in [2.45, 2.75) is 32.9 Å². The molecule has 7 heteroatoms. The van der Waals surface area contributed by atoms with Gasteiger partial charge in [-0.25, -0.2) is 4.99 Å². The Morgan fingerprint density at radius 2 is 2.14 bits per heavy atom. The van der Waals surface area contributed by atoms with Crippen molar-refractivity contribution in [3.8, 4) is 5.75 Å². The largest absolute Gasteiger partial charge is 0.434 e. The normalized spacial score (nSPS) is 18.0. The summed E-state index contributed by atoms with van der Waals surface area (Å²) in [5, 5.41) is 2.80. The van der Waals surface area contributed by atoms with Crippen LogP contribution in [0.2, 0.25) is 0 Å². The summed E-state index contributed by atoms with van der Waals surface area (Å²) < 4.78 is 29.7. The molecule has 0 saturated heterocycles. The average Bonchev–Trinajstić information content (AvgIpc) is 2.45. The van der Waals surface area contributed by atoms with E-state index in [1.807, 2.05) is 0 Å². The van der Waals surface area contributed by atoms with Gasteiger partial charge in [0.15, 0.2) is 11.7 Å². The summed E-state index contributed by atoms with van der Waals surface area (Å²) in [6, 6.07) is 5.50. The van der Waals surface area contributed by atoms with Gasteiger partial charge < -0.3 is 15.8 Å². The first kappa shape index (κ1) is 15.9. The molecule has 0 bridgehead atoms. The number of benzene rings is 1. The monoisotopic (exact) mass is 309 g/mol. The first-order chi connectivity index (χ1) is 10.4. The number of hydrogen-bond acceptors (Lipinski definition) is 5. The van der Waals surface area contributed by atoms with Crippen molar-refractivity contribution in [2.75, 3.05) is 0 Å². The molecule has 0 aliphatic carbocycles. The molecule has 1 aromatic carbocycles. The standard InChI is InChI=1S/C15H17F2N3O2/c1-3-10(21)12-8(2)19-15(18)20-13(12)9-6-4-5-7-11(9)22-14(16)17/h4-7,13-14H,3H2,1-2H3,(H3,18,19,20). The van der Waals surface area contributed by atoms with Gasteiger partial charge in [0.25, 0.3) is 0 Å². The number of aliphatic imine (C=N–C) groups is 1. The van der Waals surface area contributed by atoms with Crippen molar-refractivity contribution in [1.82, 2.24) is 5.32 Å². The van der Waals surface area contributed by atoms with Crippen LogP contribution in [-0.2, 0) is 4.79 Å². The fourth-order valence-corrected chi connectivity index (χ4v) is 2.39. The summed E-state index contributed by atoms with van der Waals surface area (Å²) in [6.45, 7) is 0.469. The predicted molar refractivity (Wildman–Crippen MR) is 78.6 cm³/mol. The first-order valence-corrected chi connectivity index (χ1v) is 6.82. The van der Waals surface area contributed by atoms with Crippen LogP contribution in [0, 0.1) is 0 Å². The third-order valence-electron chi connectivity index (χ3n) is 3.31. The number of alkyl halides is 2. The van der Waals surface area contributed by atoms with Crippen molar-refractivity contribution < 1.29 is 18.3 Å². The van der Waals surface area contributed by atoms with E-state index in [1.54, 1.807) is 32.0 Å². The summed E-state index contributed by atoms with van der Waals surface area (Å²) in [7, 11) is 0. The molecule has 0 radical (unpaired) electrons. The molecule has 0 spiro atoms. The number of carbonyl (C=O) groups is 1. The van der Waals surface area contributed by atoms with Crippen LogP contribution in [0.1, 0.15) is 31.9 Å². The van der Waals surface area contributed by atoms with Crippen LogP contribution in [0.25, 0.3) is 0 Å². The maximum absolute atomic E-state index is 12.6. The number of rotatable bonds is 5. The number of ether oxygens (including phenoxy) is 1. The number of allylic oxidation sites excluding steroid dienone is 1. The van der Waals surface area contributed by atoms with Gasteiger partial charge in [-0.3, -0.25) is 4.79 Å². The zero-order valence-electron chi connectivity index (χ0n) is 12.3. The second-order valence-corrected chi connectivity index (χ2v) is 4.77. The summed E-state index contributed by atoms with van der Waals surface area (Å²) in [6.07, 6.45) is 0.276. The minimum atomic E-state index is -2.96. The van der Waals surface area contributed by atoms with Crippen molar-refractivity contribution in [3.05, 3.63) is 41.1 Å². The van der Waals surface area contributed by atoms with E-state index >= 15 is 0 Å². The molecular weight excluding hydrogens is 292 g/mol. The van der Waals surface area contributed by atoms with Crippen LogP contribution in [-0.4, -0.2) is 18.4 Å². The molecule has 22 heavy (non-hydrogen) atoms. The number of hydrogen-bond donors (Lipinski definition) is 2. The highest BCUT2D eigenvalue weighted by Crippen LogP contribution is 2.36. The molecule has 0 amide bonds. The quantitative estimate of drug-likeness (QED) is 0.876. The van der Waals surface area contributed by atoms with E-state index in [0.717, 1.165) is 0 Å². The molecule has 0 fully saturated rings. The molecule has 118 valence electrons. The number of nitrogens with zero attached hydrogens (tertiary/aromatic N) is 1. The highest BCUT2D eigenvalue weighted by molar-refractivity contribution is 5.99. The Kier molecular flexibility index (Phi) is 4.75. The lowest BCUT2D eigenvalue weighted by Crippen LogP contribution is -2.37. The Morgan fingerprint density at radius 3 is 2.77 bits per heavy atom. The Bertz CT molecular complexity index is 641. The van der Waals surface area contributed by atoms with E-state index in [4.69, 9.17) is 5.73 Å². The third-order valence-corrected chi connectivity index (χ3v) is 3.31. The number of nitrogens with two attached hydrogens (primary N) is 1. The molecule has 0 aromatic heterocycles. The fourth-order valence-electron chi connectivity index (χ4n) is 2.39. The van der Waals surface area contributed by atoms with Gasteiger partial charge in [-0.15, -0.1) is 0 Å². The second kappa shape index (κ2) is 6.55. The van der Waals surface area contributed by atoms with Crippen LogP contribution >= 0.6 is 0 Å². The molecule has 1 aromatic rings.